The topological polar surface area (TPSA) is 90.0 Å². The lowest BCUT2D eigenvalue weighted by molar-refractivity contribution is -0.141. The van der Waals surface area contributed by atoms with Crippen molar-refractivity contribution >= 4 is 23.8 Å². The normalized spacial score (nSPS) is 21.8. The number of nitrogens with zero attached hydrogens (tertiary/aromatic N) is 3. The Balaban J connectivity index is 1.38. The van der Waals surface area contributed by atoms with Crippen LogP contribution in [0.4, 0.5) is 4.79 Å². The Bertz CT molecular complexity index is 908. The number of hydrogen-bond donors (Lipinski definition) is 1. The summed E-state index contributed by atoms with van der Waals surface area (Å²) < 4.78 is 0. The minimum atomic E-state index is -0.928. The van der Waals surface area contributed by atoms with Crippen molar-refractivity contribution in [3.8, 4) is 0 Å². The first-order valence-electron chi connectivity index (χ1n) is 11.4. The number of urea groups is 1. The fourth-order valence-electron chi connectivity index (χ4n) is 4.97. The van der Waals surface area contributed by atoms with Crippen molar-refractivity contribution in [2.45, 2.75) is 58.0 Å². The molecule has 172 valence electrons. The second-order valence-corrected chi connectivity index (χ2v) is 10.1. The number of nitrogens with one attached hydrogen (secondary N) is 1. The molecule has 1 aromatic carbocycles. The average Bonchev–Trinajstić information content (AvgIpc) is 3.02. The zero-order valence-corrected chi connectivity index (χ0v) is 19.1. The van der Waals surface area contributed by atoms with Crippen LogP contribution in [0.3, 0.4) is 0 Å². The molecule has 1 N–H and O–H groups in total. The Morgan fingerprint density at radius 1 is 0.938 bits per heavy atom. The van der Waals surface area contributed by atoms with Crippen LogP contribution in [-0.4, -0.2) is 76.2 Å². The van der Waals surface area contributed by atoms with Crippen LogP contribution in [-0.2, 0) is 9.59 Å². The van der Waals surface area contributed by atoms with Gasteiger partial charge in [-0.1, -0.05) is 39.0 Å². The van der Waals surface area contributed by atoms with Gasteiger partial charge in [0, 0.05) is 43.2 Å². The summed E-state index contributed by atoms with van der Waals surface area (Å²) in [5, 5.41) is 2.94. The highest BCUT2D eigenvalue weighted by Crippen LogP contribution is 2.33. The first-order valence-corrected chi connectivity index (χ1v) is 11.4. The zero-order chi connectivity index (χ0) is 23.1. The molecule has 3 saturated heterocycles. The number of amides is 5. The van der Waals surface area contributed by atoms with E-state index >= 15 is 0 Å². The van der Waals surface area contributed by atoms with E-state index in [4.69, 9.17) is 0 Å². The van der Waals surface area contributed by atoms with Crippen LogP contribution in [0.1, 0.15) is 56.8 Å². The summed E-state index contributed by atoms with van der Waals surface area (Å²) >= 11 is 0. The summed E-state index contributed by atoms with van der Waals surface area (Å²) in [6, 6.07) is 8.55. The predicted octanol–water partition coefficient (Wildman–Crippen LogP) is 2.25. The molecule has 3 aliphatic rings. The van der Waals surface area contributed by atoms with Gasteiger partial charge in [-0.25, -0.2) is 4.79 Å². The number of benzene rings is 1. The quantitative estimate of drug-likeness (QED) is 0.715. The van der Waals surface area contributed by atoms with Crippen LogP contribution in [0.25, 0.3) is 0 Å². The Hall–Kier alpha value is -2.90. The van der Waals surface area contributed by atoms with Crippen LogP contribution < -0.4 is 5.32 Å². The summed E-state index contributed by atoms with van der Waals surface area (Å²) in [5.41, 5.74) is -0.741. The highest BCUT2D eigenvalue weighted by atomic mass is 16.2. The maximum Gasteiger partial charge on any atom is 0.325 e. The van der Waals surface area contributed by atoms with Gasteiger partial charge in [0.15, 0.2) is 0 Å². The van der Waals surface area contributed by atoms with E-state index in [-0.39, 0.29) is 29.8 Å². The van der Waals surface area contributed by atoms with Gasteiger partial charge in [-0.2, -0.15) is 0 Å². The van der Waals surface area contributed by atoms with E-state index in [9.17, 15) is 19.2 Å². The molecular formula is C24H32N4O4. The molecule has 8 heteroatoms. The molecule has 0 atom stereocenters. The standard InChI is InChI=1S/C24H32N4O4/c1-23(2,3)20(30)27-13-9-18(10-14-27)28-21(31)24(25-22(28)32)11-15-26(16-12-24)19(29)17-7-5-4-6-8-17/h4-8,18H,9-16H2,1-3H3,(H,25,32). The van der Waals surface area contributed by atoms with Gasteiger partial charge in [0.2, 0.25) is 5.91 Å². The molecule has 8 nitrogen and oxygen atoms in total. The molecule has 0 bridgehead atoms. The van der Waals surface area contributed by atoms with Crippen molar-refractivity contribution in [2.24, 2.45) is 5.41 Å². The average molecular weight is 441 g/mol. The van der Waals surface area contributed by atoms with Crippen molar-refractivity contribution in [1.29, 1.82) is 0 Å². The molecule has 0 radical (unpaired) electrons. The van der Waals surface area contributed by atoms with E-state index in [1.807, 2.05) is 43.9 Å². The third-order valence-corrected chi connectivity index (χ3v) is 6.88. The van der Waals surface area contributed by atoms with Crippen LogP contribution in [0.5, 0.6) is 0 Å². The van der Waals surface area contributed by atoms with Crippen LogP contribution in [0.2, 0.25) is 0 Å². The lowest BCUT2D eigenvalue weighted by atomic mass is 9.86. The molecule has 4 rings (SSSR count). The predicted molar refractivity (Wildman–Crippen MR) is 119 cm³/mol. The third-order valence-electron chi connectivity index (χ3n) is 6.88. The molecule has 0 aliphatic carbocycles. The van der Waals surface area contributed by atoms with Gasteiger partial charge in [-0.15, -0.1) is 0 Å². The number of carbonyl (C=O) groups is 4. The zero-order valence-electron chi connectivity index (χ0n) is 19.1. The van der Waals surface area contributed by atoms with E-state index in [0.29, 0.717) is 57.4 Å². The Kier molecular flexibility index (Phi) is 5.73. The number of imide groups is 1. The van der Waals surface area contributed by atoms with Crippen LogP contribution >= 0.6 is 0 Å². The van der Waals surface area contributed by atoms with E-state index in [1.54, 1.807) is 17.0 Å². The smallest absolute Gasteiger partial charge is 0.325 e. The van der Waals surface area contributed by atoms with Gasteiger partial charge >= 0.3 is 6.03 Å². The largest absolute Gasteiger partial charge is 0.342 e. The highest BCUT2D eigenvalue weighted by molar-refractivity contribution is 6.07. The van der Waals surface area contributed by atoms with Crippen molar-refractivity contribution in [3.63, 3.8) is 0 Å². The fourth-order valence-corrected chi connectivity index (χ4v) is 4.97. The molecule has 3 heterocycles. The summed E-state index contributed by atoms with van der Waals surface area (Å²) in [6.07, 6.45) is 2.01. The van der Waals surface area contributed by atoms with E-state index in [2.05, 4.69) is 5.32 Å². The number of carbonyl (C=O) groups excluding carboxylic acids is 4. The van der Waals surface area contributed by atoms with Crippen LogP contribution in [0, 0.1) is 5.41 Å². The SMILES string of the molecule is CC(C)(C)C(=O)N1CCC(N2C(=O)NC3(CCN(C(=O)c4ccccc4)CC3)C2=O)CC1. The van der Waals surface area contributed by atoms with E-state index in [0.717, 1.165) is 0 Å². The summed E-state index contributed by atoms with van der Waals surface area (Å²) in [7, 11) is 0. The van der Waals surface area contributed by atoms with Crippen molar-refractivity contribution in [2.75, 3.05) is 26.2 Å². The fraction of sp³-hybridized carbons (Fsp3) is 0.583. The molecule has 0 saturated carbocycles. The van der Waals surface area contributed by atoms with Crippen molar-refractivity contribution in [3.05, 3.63) is 35.9 Å². The molecule has 3 fully saturated rings. The van der Waals surface area contributed by atoms with E-state index < -0.39 is 11.0 Å². The number of likely N-dealkylation sites (tertiary alicyclic amines) is 2. The molecule has 0 unspecified atom stereocenters. The maximum absolute atomic E-state index is 13.4. The highest BCUT2D eigenvalue weighted by Gasteiger charge is 2.54. The van der Waals surface area contributed by atoms with Crippen molar-refractivity contribution < 1.29 is 19.2 Å². The lowest BCUT2D eigenvalue weighted by Gasteiger charge is -2.39. The second-order valence-electron chi connectivity index (χ2n) is 10.1. The Labute approximate surface area is 188 Å². The Morgan fingerprint density at radius 2 is 1.53 bits per heavy atom. The minimum Gasteiger partial charge on any atom is -0.342 e. The molecular weight excluding hydrogens is 408 g/mol. The van der Waals surface area contributed by atoms with Gasteiger partial charge in [0.1, 0.15) is 5.54 Å². The van der Waals surface area contributed by atoms with Gasteiger partial charge in [0.05, 0.1) is 0 Å². The van der Waals surface area contributed by atoms with Crippen molar-refractivity contribution in [1.82, 2.24) is 20.0 Å². The minimum absolute atomic E-state index is 0.0510. The first-order chi connectivity index (χ1) is 15.1. The number of hydrogen-bond acceptors (Lipinski definition) is 4. The lowest BCUT2D eigenvalue weighted by Crippen LogP contribution is -2.56. The van der Waals surface area contributed by atoms with Gasteiger partial charge in [0.25, 0.3) is 11.8 Å². The van der Waals surface area contributed by atoms with Gasteiger partial charge in [-0.05, 0) is 37.8 Å². The maximum atomic E-state index is 13.4. The monoisotopic (exact) mass is 440 g/mol. The third kappa shape index (κ3) is 3.98. The molecule has 0 aromatic heterocycles. The summed E-state index contributed by atoms with van der Waals surface area (Å²) in [5.74, 6) is -0.139. The molecule has 1 spiro atoms. The molecule has 1 aromatic rings. The van der Waals surface area contributed by atoms with E-state index in [1.165, 1.54) is 4.90 Å². The molecule has 5 amide bonds. The Morgan fingerprint density at radius 3 is 2.09 bits per heavy atom. The molecule has 32 heavy (non-hydrogen) atoms. The number of rotatable bonds is 2. The number of piperidine rings is 2. The first kappa shape index (κ1) is 22.3. The van der Waals surface area contributed by atoms with Gasteiger partial charge in [-0.3, -0.25) is 19.3 Å². The summed E-state index contributed by atoms with van der Waals surface area (Å²) in [6.45, 7) is 7.64. The van der Waals surface area contributed by atoms with Gasteiger partial charge < -0.3 is 15.1 Å². The second kappa shape index (κ2) is 8.22. The van der Waals surface area contributed by atoms with Crippen LogP contribution in [0.15, 0.2) is 30.3 Å². The molecule has 3 aliphatic heterocycles. The summed E-state index contributed by atoms with van der Waals surface area (Å²) in [4.78, 5) is 56.4.